The van der Waals surface area contributed by atoms with Gasteiger partial charge in [-0.25, -0.2) is 0 Å². The maximum atomic E-state index is 12.0. The highest BCUT2D eigenvalue weighted by molar-refractivity contribution is 8.00. The lowest BCUT2D eigenvalue weighted by atomic mass is 10.00. The van der Waals surface area contributed by atoms with Crippen LogP contribution in [-0.2, 0) is 14.4 Å². The summed E-state index contributed by atoms with van der Waals surface area (Å²) in [6.07, 6.45) is 2.98. The fraction of sp³-hybridized carbons (Fsp3) is 0.769. The predicted molar refractivity (Wildman–Crippen MR) is 75.4 cm³/mol. The van der Waals surface area contributed by atoms with Crippen molar-refractivity contribution in [2.75, 3.05) is 24.6 Å². The van der Waals surface area contributed by atoms with Gasteiger partial charge in [-0.05, 0) is 26.2 Å². The Balaban J connectivity index is 1.67. The van der Waals surface area contributed by atoms with Crippen LogP contribution in [0.15, 0.2) is 0 Å². The smallest absolute Gasteiger partial charge is 0.313 e. The zero-order valence-electron chi connectivity index (χ0n) is 11.6. The summed E-state index contributed by atoms with van der Waals surface area (Å²) in [5.74, 6) is -0.638. The molecule has 2 aliphatic rings. The van der Waals surface area contributed by atoms with Gasteiger partial charge < -0.3 is 15.3 Å². The van der Waals surface area contributed by atoms with E-state index in [4.69, 9.17) is 5.11 Å². The lowest BCUT2D eigenvalue weighted by Gasteiger charge is -2.36. The summed E-state index contributed by atoms with van der Waals surface area (Å²) >= 11 is 1.07. The first-order valence-corrected chi connectivity index (χ1v) is 7.95. The molecule has 2 fully saturated rings. The van der Waals surface area contributed by atoms with Crippen molar-refractivity contribution in [3.63, 3.8) is 0 Å². The largest absolute Gasteiger partial charge is 0.481 e. The normalized spacial score (nSPS) is 27.9. The minimum absolute atomic E-state index is 0.0233. The van der Waals surface area contributed by atoms with Gasteiger partial charge in [0.1, 0.15) is 0 Å². The van der Waals surface area contributed by atoms with Crippen LogP contribution in [0, 0.1) is 5.92 Å². The average Bonchev–Trinajstić information content (AvgIpc) is 2.85. The number of nitrogens with zero attached hydrogens (tertiary/aromatic N) is 1. The van der Waals surface area contributed by atoms with Crippen LogP contribution in [0.1, 0.15) is 26.2 Å². The van der Waals surface area contributed by atoms with E-state index in [1.54, 1.807) is 0 Å². The first kappa shape index (κ1) is 15.2. The number of likely N-dealkylation sites (tertiary alicyclic amines) is 1. The zero-order chi connectivity index (χ0) is 14.8. The van der Waals surface area contributed by atoms with Gasteiger partial charge in [0.2, 0.25) is 11.8 Å². The predicted octanol–water partition coefficient (Wildman–Crippen LogP) is 0.321. The summed E-state index contributed by atoms with van der Waals surface area (Å²) in [7, 11) is 0. The van der Waals surface area contributed by atoms with Crippen molar-refractivity contribution in [1.29, 1.82) is 0 Å². The van der Waals surface area contributed by atoms with Gasteiger partial charge in [-0.1, -0.05) is 0 Å². The summed E-state index contributed by atoms with van der Waals surface area (Å²) in [5.41, 5.74) is -0.0233. The number of carboxylic acid groups (broad SMARTS) is 1. The number of piperidine rings is 1. The molecular formula is C13H20N2O4S. The van der Waals surface area contributed by atoms with E-state index in [1.807, 2.05) is 4.90 Å². The molecule has 1 aliphatic carbocycles. The number of thioether (sulfide) groups is 1. The topological polar surface area (TPSA) is 86.7 Å². The molecule has 7 heteroatoms. The Kier molecular flexibility index (Phi) is 4.57. The Morgan fingerprint density at radius 3 is 2.85 bits per heavy atom. The molecule has 1 saturated heterocycles. The molecule has 112 valence electrons. The fourth-order valence-electron chi connectivity index (χ4n) is 3.13. The molecule has 2 rings (SSSR count). The van der Waals surface area contributed by atoms with Gasteiger partial charge in [-0.2, -0.15) is 0 Å². The molecule has 1 aliphatic heterocycles. The summed E-state index contributed by atoms with van der Waals surface area (Å²) in [5, 5.41) is 11.2. The monoisotopic (exact) mass is 300 g/mol. The fourth-order valence-corrected chi connectivity index (χ4v) is 3.70. The molecule has 2 amide bonds. The molecule has 0 aromatic carbocycles. The van der Waals surface area contributed by atoms with Gasteiger partial charge >= 0.3 is 5.97 Å². The van der Waals surface area contributed by atoms with Crippen molar-refractivity contribution in [2.24, 2.45) is 5.92 Å². The maximum Gasteiger partial charge on any atom is 0.313 e. The Bertz CT molecular complexity index is 429. The molecule has 1 heterocycles. The van der Waals surface area contributed by atoms with Crippen LogP contribution in [0.4, 0.5) is 0 Å². The number of carbonyl (C=O) groups is 3. The molecule has 2 bridgehead atoms. The highest BCUT2D eigenvalue weighted by Gasteiger charge is 2.52. The molecule has 1 saturated carbocycles. The Morgan fingerprint density at radius 2 is 2.25 bits per heavy atom. The third-order valence-corrected chi connectivity index (χ3v) is 5.02. The van der Waals surface area contributed by atoms with Crippen LogP contribution in [0.5, 0.6) is 0 Å². The Hall–Kier alpha value is -1.24. The second-order valence-corrected chi connectivity index (χ2v) is 6.65. The minimum Gasteiger partial charge on any atom is -0.481 e. The number of aliphatic carboxylic acids is 1. The van der Waals surface area contributed by atoms with Gasteiger partial charge in [-0.3, -0.25) is 14.4 Å². The number of hydrogen-bond acceptors (Lipinski definition) is 4. The minimum atomic E-state index is -0.922. The van der Waals surface area contributed by atoms with E-state index in [2.05, 4.69) is 12.2 Å². The van der Waals surface area contributed by atoms with E-state index in [1.165, 1.54) is 0 Å². The van der Waals surface area contributed by atoms with E-state index in [9.17, 15) is 14.4 Å². The molecular weight excluding hydrogens is 280 g/mol. The number of nitrogens with one attached hydrogen (secondary N) is 1. The maximum absolute atomic E-state index is 12.0. The summed E-state index contributed by atoms with van der Waals surface area (Å²) in [6, 6.07) is 0. The first-order chi connectivity index (χ1) is 9.42. The Labute approximate surface area is 122 Å². The van der Waals surface area contributed by atoms with E-state index < -0.39 is 5.97 Å². The average molecular weight is 300 g/mol. The molecule has 0 unspecified atom stereocenters. The number of carboxylic acids is 1. The highest BCUT2D eigenvalue weighted by Crippen LogP contribution is 2.46. The van der Waals surface area contributed by atoms with Crippen molar-refractivity contribution in [1.82, 2.24) is 10.2 Å². The zero-order valence-corrected chi connectivity index (χ0v) is 12.4. The van der Waals surface area contributed by atoms with Gasteiger partial charge in [0, 0.05) is 24.5 Å². The van der Waals surface area contributed by atoms with Crippen molar-refractivity contribution in [3.8, 4) is 0 Å². The molecule has 0 aromatic heterocycles. The van der Waals surface area contributed by atoms with E-state index >= 15 is 0 Å². The third kappa shape index (κ3) is 3.26. The second kappa shape index (κ2) is 6.03. The highest BCUT2D eigenvalue weighted by atomic mass is 32.2. The van der Waals surface area contributed by atoms with Crippen LogP contribution in [0.3, 0.4) is 0 Å². The molecule has 20 heavy (non-hydrogen) atoms. The SMILES string of the molecule is C[C@]12CC[C@H](C1)C(=O)N2CCNC(=O)CSCC(=O)O. The number of carbonyl (C=O) groups excluding carboxylic acids is 2. The number of amides is 2. The molecule has 6 nitrogen and oxygen atoms in total. The molecule has 0 spiro atoms. The van der Waals surface area contributed by atoms with Crippen molar-refractivity contribution >= 4 is 29.5 Å². The van der Waals surface area contributed by atoms with Crippen LogP contribution < -0.4 is 5.32 Å². The third-order valence-electron chi connectivity index (χ3n) is 4.10. The van der Waals surface area contributed by atoms with Crippen molar-refractivity contribution in [3.05, 3.63) is 0 Å². The molecule has 2 N–H and O–H groups in total. The molecule has 0 aromatic rings. The lowest BCUT2D eigenvalue weighted by molar-refractivity contribution is -0.137. The second-order valence-electron chi connectivity index (χ2n) is 5.66. The quantitative estimate of drug-likeness (QED) is 0.707. The van der Waals surface area contributed by atoms with Gasteiger partial charge in [0.25, 0.3) is 0 Å². The van der Waals surface area contributed by atoms with E-state index in [-0.39, 0.29) is 34.8 Å². The van der Waals surface area contributed by atoms with Gasteiger partial charge in [0.15, 0.2) is 0 Å². The van der Waals surface area contributed by atoms with E-state index in [0.717, 1.165) is 31.0 Å². The summed E-state index contributed by atoms with van der Waals surface area (Å²) < 4.78 is 0. The van der Waals surface area contributed by atoms with Crippen LogP contribution >= 0.6 is 11.8 Å². The number of fused-ring (bicyclic) bond motifs is 2. The number of rotatable bonds is 7. The first-order valence-electron chi connectivity index (χ1n) is 6.80. The van der Waals surface area contributed by atoms with E-state index in [0.29, 0.717) is 13.1 Å². The van der Waals surface area contributed by atoms with Crippen LogP contribution in [-0.4, -0.2) is 57.9 Å². The number of hydrogen-bond donors (Lipinski definition) is 2. The van der Waals surface area contributed by atoms with Crippen LogP contribution in [0.25, 0.3) is 0 Å². The summed E-state index contributed by atoms with van der Waals surface area (Å²) in [6.45, 7) is 3.09. The summed E-state index contributed by atoms with van der Waals surface area (Å²) in [4.78, 5) is 35.7. The van der Waals surface area contributed by atoms with Crippen LogP contribution in [0.2, 0.25) is 0 Å². The van der Waals surface area contributed by atoms with Crippen molar-refractivity contribution < 1.29 is 19.5 Å². The standard InChI is InChI=1S/C13H20N2O4S/c1-13-3-2-9(6-13)12(19)15(13)5-4-14-10(16)7-20-8-11(17)18/h9H,2-8H2,1H3,(H,14,16)(H,17,18)/t9-,13+/m1/s1. The lowest BCUT2D eigenvalue weighted by Crippen LogP contribution is -2.48. The van der Waals surface area contributed by atoms with Gasteiger partial charge in [-0.15, -0.1) is 11.8 Å². The van der Waals surface area contributed by atoms with Gasteiger partial charge in [0.05, 0.1) is 11.5 Å². The Morgan fingerprint density at radius 1 is 1.50 bits per heavy atom. The molecule has 0 radical (unpaired) electrons. The van der Waals surface area contributed by atoms with Crippen molar-refractivity contribution in [2.45, 2.75) is 31.7 Å². The molecule has 2 atom stereocenters.